The minimum atomic E-state index is -0.524. The molecule has 0 aromatic heterocycles. The summed E-state index contributed by atoms with van der Waals surface area (Å²) in [5, 5.41) is 14.4. The third kappa shape index (κ3) is 3.63. The van der Waals surface area contributed by atoms with Gasteiger partial charge < -0.3 is 10.6 Å². The first-order valence-corrected chi connectivity index (χ1v) is 8.51. The maximum atomic E-state index is 12.5. The van der Waals surface area contributed by atoms with E-state index in [-0.39, 0.29) is 18.4 Å². The van der Waals surface area contributed by atoms with Gasteiger partial charge in [-0.25, -0.2) is 4.79 Å². The summed E-state index contributed by atoms with van der Waals surface area (Å²) in [4.78, 5) is 37.8. The Bertz CT molecular complexity index is 734. The van der Waals surface area contributed by atoms with Crippen LogP contribution in [0, 0.1) is 17.2 Å². The van der Waals surface area contributed by atoms with E-state index in [9.17, 15) is 14.4 Å². The monoisotopic (exact) mass is 340 g/mol. The lowest BCUT2D eigenvalue weighted by Crippen LogP contribution is -2.40. The Morgan fingerprint density at radius 1 is 1.24 bits per heavy atom. The van der Waals surface area contributed by atoms with Crippen LogP contribution in [0.25, 0.3) is 0 Å². The van der Waals surface area contributed by atoms with Crippen LogP contribution in [0.1, 0.15) is 37.7 Å². The van der Waals surface area contributed by atoms with Crippen molar-refractivity contribution in [3.8, 4) is 6.07 Å². The molecule has 1 aromatic carbocycles. The highest BCUT2D eigenvalue weighted by Crippen LogP contribution is 2.29. The maximum Gasteiger partial charge on any atom is 0.325 e. The van der Waals surface area contributed by atoms with Crippen LogP contribution in [-0.4, -0.2) is 35.3 Å². The number of nitrogens with zero attached hydrogens (tertiary/aromatic N) is 2. The normalized spacial score (nSPS) is 20.9. The fraction of sp³-hybridized carbons (Fsp3) is 0.444. The Balaban J connectivity index is 1.64. The van der Waals surface area contributed by atoms with E-state index in [1.807, 2.05) is 6.07 Å². The molecule has 3 rings (SSSR count). The Labute approximate surface area is 146 Å². The van der Waals surface area contributed by atoms with Gasteiger partial charge in [0.2, 0.25) is 5.91 Å². The third-order valence-corrected chi connectivity index (χ3v) is 4.80. The largest absolute Gasteiger partial charge is 0.326 e. The summed E-state index contributed by atoms with van der Waals surface area (Å²) in [7, 11) is 0. The molecule has 2 fully saturated rings. The highest BCUT2D eigenvalue weighted by atomic mass is 16.2. The summed E-state index contributed by atoms with van der Waals surface area (Å²) < 4.78 is 0. The standard InChI is InChI=1S/C18H20N4O3/c19-10-13-8-4-5-9-14(13)20-15(23)11-22-17(24)16(21-18(22)25)12-6-2-1-3-7-12/h4-5,8-9,12,16H,1-3,6-7,11H2,(H,20,23)(H,21,25)/t16-/m1/s1. The van der Waals surface area contributed by atoms with Gasteiger partial charge in [-0.3, -0.25) is 14.5 Å². The first-order valence-electron chi connectivity index (χ1n) is 8.51. The molecule has 25 heavy (non-hydrogen) atoms. The number of nitriles is 1. The lowest BCUT2D eigenvalue weighted by Gasteiger charge is -2.25. The van der Waals surface area contributed by atoms with Gasteiger partial charge in [-0.15, -0.1) is 0 Å². The molecule has 130 valence electrons. The van der Waals surface area contributed by atoms with Crippen LogP contribution in [0.5, 0.6) is 0 Å². The molecule has 4 amide bonds. The second kappa shape index (κ2) is 7.34. The fourth-order valence-electron chi connectivity index (χ4n) is 3.50. The minimum Gasteiger partial charge on any atom is -0.326 e. The van der Waals surface area contributed by atoms with Gasteiger partial charge in [0.25, 0.3) is 5.91 Å². The molecule has 2 aliphatic rings. The average Bonchev–Trinajstić information content (AvgIpc) is 2.91. The molecule has 1 aliphatic heterocycles. The van der Waals surface area contributed by atoms with Crippen molar-refractivity contribution >= 4 is 23.5 Å². The molecule has 1 heterocycles. The SMILES string of the molecule is N#Cc1ccccc1NC(=O)CN1C(=O)N[C@H](C2CCCCC2)C1=O. The predicted molar refractivity (Wildman–Crippen MR) is 90.4 cm³/mol. The summed E-state index contributed by atoms with van der Waals surface area (Å²) in [6.45, 7) is -0.354. The number of amides is 4. The zero-order valence-corrected chi connectivity index (χ0v) is 13.8. The van der Waals surface area contributed by atoms with Gasteiger partial charge in [0.1, 0.15) is 18.7 Å². The van der Waals surface area contributed by atoms with Crippen molar-refractivity contribution in [2.75, 3.05) is 11.9 Å². The summed E-state index contributed by atoms with van der Waals surface area (Å²) in [5.74, 6) is -0.686. The number of nitrogens with one attached hydrogen (secondary N) is 2. The zero-order valence-electron chi connectivity index (χ0n) is 13.8. The number of carbonyl (C=O) groups is 3. The van der Waals surface area contributed by atoms with Crippen molar-refractivity contribution < 1.29 is 14.4 Å². The van der Waals surface area contributed by atoms with Gasteiger partial charge in [-0.2, -0.15) is 5.26 Å². The molecule has 1 aliphatic carbocycles. The van der Waals surface area contributed by atoms with Crippen LogP contribution in [0.2, 0.25) is 0 Å². The molecule has 2 N–H and O–H groups in total. The molecule has 0 spiro atoms. The highest BCUT2D eigenvalue weighted by molar-refractivity contribution is 6.08. The molecule has 7 nitrogen and oxygen atoms in total. The fourth-order valence-corrected chi connectivity index (χ4v) is 3.50. The van der Waals surface area contributed by atoms with Crippen LogP contribution < -0.4 is 10.6 Å². The van der Waals surface area contributed by atoms with Crippen LogP contribution in [0.3, 0.4) is 0 Å². The van der Waals surface area contributed by atoms with Gasteiger partial charge in [0.15, 0.2) is 0 Å². The molecule has 1 aromatic rings. The van der Waals surface area contributed by atoms with Crippen LogP contribution in [0.4, 0.5) is 10.5 Å². The summed E-state index contributed by atoms with van der Waals surface area (Å²) in [5.41, 5.74) is 0.694. The lowest BCUT2D eigenvalue weighted by atomic mass is 9.84. The highest BCUT2D eigenvalue weighted by Gasteiger charge is 2.43. The molecule has 1 saturated heterocycles. The van der Waals surface area contributed by atoms with Gasteiger partial charge in [0.05, 0.1) is 11.3 Å². The van der Waals surface area contributed by atoms with Crippen LogP contribution in [0.15, 0.2) is 24.3 Å². The first kappa shape index (κ1) is 17.0. The lowest BCUT2D eigenvalue weighted by molar-refractivity contribution is -0.131. The summed E-state index contributed by atoms with van der Waals surface area (Å²) in [6.07, 6.45) is 5.14. The van der Waals surface area contributed by atoms with E-state index in [1.165, 1.54) is 0 Å². The van der Waals surface area contributed by atoms with Gasteiger partial charge in [0, 0.05) is 0 Å². The summed E-state index contributed by atoms with van der Waals surface area (Å²) >= 11 is 0. The quantitative estimate of drug-likeness (QED) is 0.818. The van der Waals surface area contributed by atoms with Gasteiger partial charge in [-0.1, -0.05) is 31.4 Å². The molecule has 1 atom stereocenters. The van der Waals surface area contributed by atoms with Crippen molar-refractivity contribution in [2.45, 2.75) is 38.1 Å². The molecule has 1 saturated carbocycles. The van der Waals surface area contributed by atoms with E-state index in [2.05, 4.69) is 10.6 Å². The topological polar surface area (TPSA) is 102 Å². The number of anilines is 1. The van der Waals surface area contributed by atoms with Crippen molar-refractivity contribution in [1.82, 2.24) is 10.2 Å². The molecule has 0 radical (unpaired) electrons. The minimum absolute atomic E-state index is 0.151. The number of hydrogen-bond donors (Lipinski definition) is 2. The molecule has 0 unspecified atom stereocenters. The Morgan fingerprint density at radius 3 is 2.68 bits per heavy atom. The van der Waals surface area contributed by atoms with E-state index in [0.29, 0.717) is 11.3 Å². The zero-order chi connectivity index (χ0) is 17.8. The number of hydrogen-bond acceptors (Lipinski definition) is 4. The van der Waals surface area contributed by atoms with E-state index < -0.39 is 18.0 Å². The van der Waals surface area contributed by atoms with Crippen molar-refractivity contribution in [1.29, 1.82) is 5.26 Å². The Hall–Kier alpha value is -2.88. The second-order valence-corrected chi connectivity index (χ2v) is 6.46. The number of carbonyl (C=O) groups excluding carboxylic acids is 3. The van der Waals surface area contributed by atoms with Crippen molar-refractivity contribution in [3.63, 3.8) is 0 Å². The average molecular weight is 340 g/mol. The number of benzene rings is 1. The van der Waals surface area contributed by atoms with Gasteiger partial charge >= 0.3 is 6.03 Å². The van der Waals surface area contributed by atoms with Crippen molar-refractivity contribution in [2.24, 2.45) is 5.92 Å². The predicted octanol–water partition coefficient (Wildman–Crippen LogP) is 2.00. The third-order valence-electron chi connectivity index (χ3n) is 4.80. The van der Waals surface area contributed by atoms with Crippen LogP contribution in [-0.2, 0) is 9.59 Å². The smallest absolute Gasteiger partial charge is 0.325 e. The molecule has 7 heteroatoms. The van der Waals surface area contributed by atoms with Crippen LogP contribution >= 0.6 is 0 Å². The number of para-hydroxylation sites is 1. The summed E-state index contributed by atoms with van der Waals surface area (Å²) in [6, 6.07) is 7.53. The molecule has 0 bridgehead atoms. The van der Waals surface area contributed by atoms with E-state index >= 15 is 0 Å². The molecular weight excluding hydrogens is 320 g/mol. The Kier molecular flexibility index (Phi) is 4.98. The number of rotatable bonds is 4. The van der Waals surface area contributed by atoms with E-state index in [4.69, 9.17) is 5.26 Å². The number of imide groups is 1. The second-order valence-electron chi connectivity index (χ2n) is 6.46. The van der Waals surface area contributed by atoms with Crippen molar-refractivity contribution in [3.05, 3.63) is 29.8 Å². The first-order chi connectivity index (χ1) is 12.1. The van der Waals surface area contributed by atoms with E-state index in [0.717, 1.165) is 37.0 Å². The van der Waals surface area contributed by atoms with E-state index in [1.54, 1.807) is 24.3 Å². The Morgan fingerprint density at radius 2 is 1.96 bits per heavy atom. The maximum absolute atomic E-state index is 12.5. The van der Waals surface area contributed by atoms with Gasteiger partial charge in [-0.05, 0) is 30.9 Å². The number of urea groups is 1. The molecular formula is C18H20N4O3.